The van der Waals surface area contributed by atoms with Gasteiger partial charge in [0.05, 0.1) is 0 Å². The van der Waals surface area contributed by atoms with Gasteiger partial charge in [-0.1, -0.05) is 30.7 Å². The van der Waals surface area contributed by atoms with Crippen molar-refractivity contribution in [2.45, 2.75) is 44.0 Å². The first-order valence-corrected chi connectivity index (χ1v) is 9.59. The van der Waals surface area contributed by atoms with Crippen LogP contribution in [0.3, 0.4) is 0 Å². The second-order valence-electron chi connectivity index (χ2n) is 5.40. The van der Waals surface area contributed by atoms with Crippen LogP contribution >= 0.6 is 23.1 Å². The average molecular weight is 320 g/mol. The topological polar surface area (TPSA) is 12.0 Å². The Morgan fingerprint density at radius 1 is 1.24 bits per heavy atom. The molecule has 0 amide bonds. The molecule has 114 valence electrons. The molecule has 3 heteroatoms. The molecule has 0 aliphatic carbocycles. The monoisotopic (exact) mass is 319 g/mol. The highest BCUT2D eigenvalue weighted by Crippen LogP contribution is 2.21. The van der Waals surface area contributed by atoms with Crippen LogP contribution < -0.4 is 5.32 Å². The highest BCUT2D eigenvalue weighted by Gasteiger charge is 2.09. The van der Waals surface area contributed by atoms with Gasteiger partial charge in [-0.15, -0.1) is 23.1 Å². The standard InChI is InChI=1S/C18H25NS2/c1-3-11-19-16(9-10-17-8-5-12-20-17)14-21-18-7-4-6-15(2)13-18/h4-8,12-13,16,19H,3,9-11,14H2,1-2H3. The Balaban J connectivity index is 1.83. The maximum atomic E-state index is 3.70. The molecule has 0 bridgehead atoms. The first-order valence-electron chi connectivity index (χ1n) is 7.73. The lowest BCUT2D eigenvalue weighted by Gasteiger charge is -2.18. The van der Waals surface area contributed by atoms with E-state index in [1.807, 2.05) is 23.1 Å². The van der Waals surface area contributed by atoms with Crippen molar-refractivity contribution in [3.8, 4) is 0 Å². The normalized spacial score (nSPS) is 12.5. The number of nitrogens with one attached hydrogen (secondary N) is 1. The van der Waals surface area contributed by atoms with Crippen LogP contribution in [0.5, 0.6) is 0 Å². The second kappa shape index (κ2) is 9.29. The van der Waals surface area contributed by atoms with Crippen LogP contribution in [-0.2, 0) is 6.42 Å². The molecule has 1 heterocycles. The van der Waals surface area contributed by atoms with E-state index >= 15 is 0 Å². The number of hydrogen-bond acceptors (Lipinski definition) is 3. The smallest absolute Gasteiger partial charge is 0.0165 e. The summed E-state index contributed by atoms with van der Waals surface area (Å²) in [7, 11) is 0. The van der Waals surface area contributed by atoms with Gasteiger partial charge in [0.25, 0.3) is 0 Å². The quantitative estimate of drug-likeness (QED) is 0.642. The minimum atomic E-state index is 0.595. The van der Waals surface area contributed by atoms with Crippen LogP contribution in [0, 0.1) is 6.92 Å². The molecule has 1 aromatic carbocycles. The summed E-state index contributed by atoms with van der Waals surface area (Å²) in [6, 6.07) is 13.8. The highest BCUT2D eigenvalue weighted by molar-refractivity contribution is 7.99. The predicted octanol–water partition coefficient (Wildman–Crippen LogP) is 5.15. The van der Waals surface area contributed by atoms with Crippen molar-refractivity contribution < 1.29 is 0 Å². The van der Waals surface area contributed by atoms with Crippen molar-refractivity contribution in [2.75, 3.05) is 12.3 Å². The van der Waals surface area contributed by atoms with E-state index in [0.29, 0.717) is 6.04 Å². The molecule has 0 fully saturated rings. The number of thiophene rings is 1. The molecule has 0 aliphatic rings. The van der Waals surface area contributed by atoms with Crippen LogP contribution in [0.2, 0.25) is 0 Å². The van der Waals surface area contributed by atoms with E-state index in [1.54, 1.807) is 0 Å². The summed E-state index contributed by atoms with van der Waals surface area (Å²) in [5, 5.41) is 5.87. The van der Waals surface area contributed by atoms with Crippen LogP contribution in [0.25, 0.3) is 0 Å². The Morgan fingerprint density at radius 3 is 2.86 bits per heavy atom. The lowest BCUT2D eigenvalue weighted by atomic mass is 10.1. The van der Waals surface area contributed by atoms with Crippen molar-refractivity contribution in [2.24, 2.45) is 0 Å². The summed E-state index contributed by atoms with van der Waals surface area (Å²) in [6.45, 7) is 5.51. The van der Waals surface area contributed by atoms with Crippen LogP contribution in [0.4, 0.5) is 0 Å². The molecule has 1 N–H and O–H groups in total. The van der Waals surface area contributed by atoms with Gasteiger partial charge < -0.3 is 5.32 Å². The van der Waals surface area contributed by atoms with Crippen LogP contribution in [0.15, 0.2) is 46.7 Å². The van der Waals surface area contributed by atoms with Crippen molar-refractivity contribution >= 4 is 23.1 Å². The Bertz CT molecular complexity index is 508. The summed E-state index contributed by atoms with van der Waals surface area (Å²) < 4.78 is 0. The third-order valence-electron chi connectivity index (χ3n) is 3.44. The number of hydrogen-bond donors (Lipinski definition) is 1. The molecular weight excluding hydrogens is 294 g/mol. The molecule has 1 unspecified atom stereocenters. The van der Waals surface area contributed by atoms with Crippen LogP contribution in [0.1, 0.15) is 30.2 Å². The molecule has 0 radical (unpaired) electrons. The largest absolute Gasteiger partial charge is 0.313 e. The van der Waals surface area contributed by atoms with Gasteiger partial charge in [0.1, 0.15) is 0 Å². The fourth-order valence-corrected chi connectivity index (χ4v) is 4.11. The minimum absolute atomic E-state index is 0.595. The molecule has 2 aromatic rings. The van der Waals surface area contributed by atoms with E-state index in [2.05, 4.69) is 60.9 Å². The number of thioether (sulfide) groups is 1. The molecule has 1 nitrogen and oxygen atoms in total. The lowest BCUT2D eigenvalue weighted by molar-refractivity contribution is 0.521. The first kappa shape index (κ1) is 16.6. The van der Waals surface area contributed by atoms with Crippen LogP contribution in [-0.4, -0.2) is 18.3 Å². The fraction of sp³-hybridized carbons (Fsp3) is 0.444. The summed E-state index contributed by atoms with van der Waals surface area (Å²) in [6.07, 6.45) is 3.61. The molecule has 1 atom stereocenters. The van der Waals surface area contributed by atoms with E-state index in [4.69, 9.17) is 0 Å². The highest BCUT2D eigenvalue weighted by atomic mass is 32.2. The summed E-state index contributed by atoms with van der Waals surface area (Å²) in [5.74, 6) is 1.15. The van der Waals surface area contributed by atoms with Gasteiger partial charge >= 0.3 is 0 Å². The molecule has 1 aromatic heterocycles. The summed E-state index contributed by atoms with van der Waals surface area (Å²) >= 11 is 3.84. The van der Waals surface area contributed by atoms with Crippen molar-refractivity contribution in [1.82, 2.24) is 5.32 Å². The number of aryl methyl sites for hydroxylation is 2. The van der Waals surface area contributed by atoms with Gasteiger partial charge in [0.15, 0.2) is 0 Å². The zero-order valence-electron chi connectivity index (χ0n) is 13.0. The number of benzene rings is 1. The number of rotatable bonds is 9. The second-order valence-corrected chi connectivity index (χ2v) is 7.52. The predicted molar refractivity (Wildman–Crippen MR) is 96.6 cm³/mol. The van der Waals surface area contributed by atoms with E-state index in [9.17, 15) is 0 Å². The third-order valence-corrected chi connectivity index (χ3v) is 5.54. The summed E-state index contributed by atoms with van der Waals surface area (Å²) in [4.78, 5) is 2.88. The van der Waals surface area contributed by atoms with E-state index in [0.717, 1.165) is 12.3 Å². The SMILES string of the molecule is CCCNC(CCc1cccs1)CSc1cccc(C)c1. The van der Waals surface area contributed by atoms with Crippen molar-refractivity contribution in [1.29, 1.82) is 0 Å². The summed E-state index contributed by atoms with van der Waals surface area (Å²) in [5.41, 5.74) is 1.34. The Hall–Kier alpha value is -0.770. The zero-order valence-corrected chi connectivity index (χ0v) is 14.6. The van der Waals surface area contributed by atoms with Gasteiger partial charge in [0, 0.05) is 21.6 Å². The minimum Gasteiger partial charge on any atom is -0.313 e. The molecule has 0 spiro atoms. The average Bonchev–Trinajstić information content (AvgIpc) is 3.00. The Kier molecular flexibility index (Phi) is 7.34. The third kappa shape index (κ3) is 6.25. The molecule has 0 saturated heterocycles. The Labute approximate surface area is 137 Å². The molecule has 0 aliphatic heterocycles. The zero-order chi connectivity index (χ0) is 14.9. The molecule has 2 rings (SSSR count). The van der Waals surface area contributed by atoms with Gasteiger partial charge in [-0.25, -0.2) is 0 Å². The van der Waals surface area contributed by atoms with Gasteiger partial charge in [-0.2, -0.15) is 0 Å². The van der Waals surface area contributed by atoms with Gasteiger partial charge in [0.2, 0.25) is 0 Å². The van der Waals surface area contributed by atoms with Crippen molar-refractivity contribution in [3.05, 3.63) is 52.2 Å². The fourth-order valence-electron chi connectivity index (χ4n) is 2.27. The maximum Gasteiger partial charge on any atom is 0.0165 e. The van der Waals surface area contributed by atoms with E-state index in [-0.39, 0.29) is 0 Å². The van der Waals surface area contributed by atoms with Gasteiger partial charge in [-0.3, -0.25) is 0 Å². The van der Waals surface area contributed by atoms with Gasteiger partial charge in [-0.05, 0) is 56.3 Å². The molecule has 21 heavy (non-hydrogen) atoms. The Morgan fingerprint density at radius 2 is 2.14 bits per heavy atom. The van der Waals surface area contributed by atoms with E-state index < -0.39 is 0 Å². The van der Waals surface area contributed by atoms with Crippen molar-refractivity contribution in [3.63, 3.8) is 0 Å². The lowest BCUT2D eigenvalue weighted by Crippen LogP contribution is -2.32. The van der Waals surface area contributed by atoms with E-state index in [1.165, 1.54) is 34.6 Å². The molecular formula is C18H25NS2. The maximum absolute atomic E-state index is 3.70. The first-order chi connectivity index (χ1) is 10.3. The molecule has 0 saturated carbocycles.